The molecule has 1 N–H and O–H groups in total. The molecule has 33 heavy (non-hydrogen) atoms. The average Bonchev–Trinajstić information content (AvgIpc) is 3.07. The third kappa shape index (κ3) is 5.14. The van der Waals surface area contributed by atoms with Crippen molar-refractivity contribution in [2.24, 2.45) is 0 Å². The topological polar surface area (TPSA) is 79.0 Å². The van der Waals surface area contributed by atoms with Crippen LogP contribution < -0.4 is 15.0 Å². The predicted molar refractivity (Wildman–Crippen MR) is 128 cm³/mol. The molecule has 0 aliphatic carbocycles. The van der Waals surface area contributed by atoms with E-state index in [1.165, 1.54) is 4.90 Å². The first-order valence-electron chi connectivity index (χ1n) is 11.2. The zero-order chi connectivity index (χ0) is 23.6. The monoisotopic (exact) mass is 469 g/mol. The molecular formula is C25H28ClN3O4. The third-order valence-corrected chi connectivity index (χ3v) is 6.20. The number of nitrogens with zero attached hydrogens (tertiary/aromatic N) is 2. The van der Waals surface area contributed by atoms with E-state index in [0.29, 0.717) is 27.7 Å². The van der Waals surface area contributed by atoms with Gasteiger partial charge in [0.2, 0.25) is 5.91 Å². The van der Waals surface area contributed by atoms with Crippen LogP contribution in [0.25, 0.3) is 0 Å². The Hall–Kier alpha value is -3.06. The Morgan fingerprint density at radius 3 is 2.36 bits per heavy atom. The summed E-state index contributed by atoms with van der Waals surface area (Å²) < 4.78 is 5.91. The summed E-state index contributed by atoms with van der Waals surface area (Å²) in [5.41, 5.74) is 0.347. The Morgan fingerprint density at radius 1 is 1.03 bits per heavy atom. The fourth-order valence-electron chi connectivity index (χ4n) is 4.19. The van der Waals surface area contributed by atoms with Gasteiger partial charge in [0, 0.05) is 29.4 Å². The highest BCUT2D eigenvalue weighted by atomic mass is 35.5. The van der Waals surface area contributed by atoms with Crippen LogP contribution in [0.15, 0.2) is 42.5 Å². The van der Waals surface area contributed by atoms with Gasteiger partial charge >= 0.3 is 0 Å². The molecule has 0 atom stereocenters. The summed E-state index contributed by atoms with van der Waals surface area (Å²) in [6, 6.07) is 11.8. The first kappa shape index (κ1) is 23.1. The molecule has 0 saturated carbocycles. The van der Waals surface area contributed by atoms with E-state index < -0.39 is 5.60 Å². The van der Waals surface area contributed by atoms with Crippen LogP contribution in [0.5, 0.6) is 5.75 Å². The smallest absolute Gasteiger partial charge is 0.271 e. The van der Waals surface area contributed by atoms with Gasteiger partial charge < -0.3 is 15.0 Å². The van der Waals surface area contributed by atoms with Crippen LogP contribution in [0.2, 0.25) is 5.02 Å². The van der Waals surface area contributed by atoms with E-state index in [1.807, 2.05) is 4.90 Å². The molecule has 2 aromatic rings. The van der Waals surface area contributed by atoms with Gasteiger partial charge in [-0.2, -0.15) is 0 Å². The normalized spacial score (nSPS) is 17.6. The van der Waals surface area contributed by atoms with E-state index in [9.17, 15) is 14.4 Å². The summed E-state index contributed by atoms with van der Waals surface area (Å²) in [5, 5.41) is 3.35. The van der Waals surface area contributed by atoms with Crippen molar-refractivity contribution < 1.29 is 19.1 Å². The van der Waals surface area contributed by atoms with E-state index >= 15 is 0 Å². The van der Waals surface area contributed by atoms with Crippen molar-refractivity contribution in [1.29, 1.82) is 0 Å². The summed E-state index contributed by atoms with van der Waals surface area (Å²) in [4.78, 5) is 42.4. The molecule has 2 aliphatic rings. The highest BCUT2D eigenvalue weighted by Gasteiger charge is 2.42. The number of rotatable bonds is 4. The average molecular weight is 470 g/mol. The fourth-order valence-corrected chi connectivity index (χ4v) is 4.32. The van der Waals surface area contributed by atoms with Crippen LogP contribution in [-0.4, -0.2) is 47.9 Å². The van der Waals surface area contributed by atoms with E-state index in [-0.39, 0.29) is 24.3 Å². The molecule has 7 nitrogen and oxygen atoms in total. The number of hydrogen-bond acceptors (Lipinski definition) is 4. The van der Waals surface area contributed by atoms with Crippen LogP contribution in [0.1, 0.15) is 49.9 Å². The molecule has 2 heterocycles. The van der Waals surface area contributed by atoms with Crippen molar-refractivity contribution in [3.05, 3.63) is 53.1 Å². The van der Waals surface area contributed by atoms with E-state index in [0.717, 1.165) is 38.8 Å². The van der Waals surface area contributed by atoms with Crippen molar-refractivity contribution in [1.82, 2.24) is 4.90 Å². The lowest BCUT2D eigenvalue weighted by atomic mass is 10.0. The zero-order valence-corrected chi connectivity index (χ0v) is 19.7. The molecule has 2 aromatic carbocycles. The lowest BCUT2D eigenvalue weighted by Crippen LogP contribution is -2.54. The Bertz CT molecular complexity index is 1060. The van der Waals surface area contributed by atoms with Crippen molar-refractivity contribution in [2.45, 2.75) is 45.1 Å². The van der Waals surface area contributed by atoms with E-state index in [4.69, 9.17) is 16.3 Å². The molecule has 4 rings (SSSR count). The minimum absolute atomic E-state index is 0.0671. The van der Waals surface area contributed by atoms with E-state index in [2.05, 4.69) is 5.32 Å². The lowest BCUT2D eigenvalue weighted by Gasteiger charge is -2.38. The second kappa shape index (κ2) is 9.43. The maximum Gasteiger partial charge on any atom is 0.271 e. The molecular weight excluding hydrogens is 442 g/mol. The molecule has 174 valence electrons. The second-order valence-corrected chi connectivity index (χ2v) is 9.38. The molecule has 0 radical (unpaired) electrons. The Balaban J connectivity index is 1.59. The zero-order valence-electron chi connectivity index (χ0n) is 18.9. The minimum atomic E-state index is -1.14. The number of anilines is 2. The molecule has 0 spiro atoms. The van der Waals surface area contributed by atoms with Crippen LogP contribution in [-0.2, 0) is 9.59 Å². The number of carbonyl (C=O) groups excluding carboxylic acids is 3. The molecule has 8 heteroatoms. The van der Waals surface area contributed by atoms with E-state index in [1.54, 1.807) is 56.3 Å². The van der Waals surface area contributed by atoms with Gasteiger partial charge in [-0.1, -0.05) is 24.4 Å². The Labute approximate surface area is 198 Å². The maximum atomic E-state index is 13.2. The molecule has 1 saturated heterocycles. The predicted octanol–water partition coefficient (Wildman–Crippen LogP) is 4.50. The summed E-state index contributed by atoms with van der Waals surface area (Å²) >= 11 is 5.91. The van der Waals surface area contributed by atoms with Gasteiger partial charge in [-0.25, -0.2) is 0 Å². The van der Waals surface area contributed by atoms with Crippen molar-refractivity contribution in [3.63, 3.8) is 0 Å². The van der Waals surface area contributed by atoms with Crippen molar-refractivity contribution in [2.75, 3.05) is 29.9 Å². The third-order valence-electron chi connectivity index (χ3n) is 5.94. The molecule has 3 amide bonds. The number of nitrogens with one attached hydrogen (secondary N) is 1. The van der Waals surface area contributed by atoms with Gasteiger partial charge in [-0.05, 0) is 69.2 Å². The van der Waals surface area contributed by atoms with Gasteiger partial charge in [-0.3, -0.25) is 19.3 Å². The number of hydrogen-bond donors (Lipinski definition) is 1. The molecule has 2 aliphatic heterocycles. The number of halogens is 1. The van der Waals surface area contributed by atoms with Crippen molar-refractivity contribution in [3.8, 4) is 5.75 Å². The van der Waals surface area contributed by atoms with Crippen LogP contribution in [0.4, 0.5) is 11.4 Å². The van der Waals surface area contributed by atoms with Crippen LogP contribution in [0.3, 0.4) is 0 Å². The highest BCUT2D eigenvalue weighted by molar-refractivity contribution is 6.30. The molecule has 0 unspecified atom stereocenters. The molecule has 0 bridgehead atoms. The number of fused-ring (bicyclic) bond motifs is 1. The first-order valence-corrected chi connectivity index (χ1v) is 11.6. The second-order valence-electron chi connectivity index (χ2n) is 8.95. The fraction of sp³-hybridized carbons (Fsp3) is 0.400. The number of benzene rings is 2. The maximum absolute atomic E-state index is 13.2. The van der Waals surface area contributed by atoms with Gasteiger partial charge in [0.05, 0.1) is 5.69 Å². The molecule has 1 fully saturated rings. The van der Waals surface area contributed by atoms with Crippen LogP contribution >= 0.6 is 11.6 Å². The number of amides is 3. The van der Waals surface area contributed by atoms with Crippen LogP contribution in [0, 0.1) is 0 Å². The van der Waals surface area contributed by atoms with Crippen molar-refractivity contribution >= 4 is 40.7 Å². The van der Waals surface area contributed by atoms with Gasteiger partial charge in [0.1, 0.15) is 12.3 Å². The standard InChI is InChI=1S/C25H28ClN3O4/c1-25(2)24(32)29(16-22(30)27-19-10-8-18(26)9-11-19)20-15-17(7-12-21(20)33-25)23(31)28-13-5-3-4-6-14-28/h7-12,15H,3-6,13-14,16H2,1-2H3,(H,27,30). The summed E-state index contributed by atoms with van der Waals surface area (Å²) in [7, 11) is 0. The number of ether oxygens (including phenoxy) is 1. The lowest BCUT2D eigenvalue weighted by molar-refractivity contribution is -0.133. The minimum Gasteiger partial charge on any atom is -0.476 e. The summed E-state index contributed by atoms with van der Waals surface area (Å²) in [5.74, 6) is -0.312. The summed E-state index contributed by atoms with van der Waals surface area (Å²) in [6.07, 6.45) is 4.23. The SMILES string of the molecule is CC1(C)Oc2ccc(C(=O)N3CCCCCC3)cc2N(CC(=O)Nc2ccc(Cl)cc2)C1=O. The quantitative estimate of drug-likeness (QED) is 0.715. The highest BCUT2D eigenvalue weighted by Crippen LogP contribution is 2.38. The largest absolute Gasteiger partial charge is 0.476 e. The number of likely N-dealkylation sites (tertiary alicyclic amines) is 1. The molecule has 0 aromatic heterocycles. The van der Waals surface area contributed by atoms with Gasteiger partial charge in [0.15, 0.2) is 5.60 Å². The Morgan fingerprint density at radius 2 is 1.70 bits per heavy atom. The number of carbonyl (C=O) groups is 3. The Kier molecular flexibility index (Phi) is 6.61. The van der Waals surface area contributed by atoms with Gasteiger partial charge in [0.25, 0.3) is 11.8 Å². The van der Waals surface area contributed by atoms with Gasteiger partial charge in [-0.15, -0.1) is 0 Å². The first-order chi connectivity index (χ1) is 15.7. The summed E-state index contributed by atoms with van der Waals surface area (Å²) in [6.45, 7) is 4.58.